The zero-order valence-electron chi connectivity index (χ0n) is 11.3. The van der Waals surface area contributed by atoms with Crippen molar-refractivity contribution < 1.29 is 4.42 Å². The van der Waals surface area contributed by atoms with E-state index in [9.17, 15) is 0 Å². The molecule has 0 spiro atoms. The van der Waals surface area contributed by atoms with Crippen LogP contribution in [0.25, 0.3) is 11.1 Å². The van der Waals surface area contributed by atoms with E-state index in [1.54, 1.807) is 11.8 Å². The zero-order chi connectivity index (χ0) is 13.8. The van der Waals surface area contributed by atoms with Crippen molar-refractivity contribution in [3.05, 3.63) is 54.1 Å². The van der Waals surface area contributed by atoms with Crippen molar-refractivity contribution >= 4 is 22.9 Å². The van der Waals surface area contributed by atoms with Gasteiger partial charge in [0.05, 0.1) is 0 Å². The van der Waals surface area contributed by atoms with Crippen LogP contribution < -0.4 is 5.32 Å². The van der Waals surface area contributed by atoms with Gasteiger partial charge in [-0.3, -0.25) is 0 Å². The monoisotopic (exact) mass is 284 g/mol. The highest BCUT2D eigenvalue weighted by molar-refractivity contribution is 7.99. The summed E-state index contributed by atoms with van der Waals surface area (Å²) < 4.78 is 5.76. The molecule has 0 bridgehead atoms. The average Bonchev–Trinajstić information content (AvgIpc) is 2.88. The van der Waals surface area contributed by atoms with Crippen LogP contribution in [0, 0.1) is 0 Å². The molecule has 102 valence electrons. The number of rotatable bonds is 5. The van der Waals surface area contributed by atoms with Crippen molar-refractivity contribution in [2.24, 2.45) is 0 Å². The topological polar surface area (TPSA) is 38.1 Å². The predicted molar refractivity (Wildman–Crippen MR) is 82.0 cm³/mol. The Morgan fingerprint density at radius 1 is 1.10 bits per heavy atom. The van der Waals surface area contributed by atoms with Crippen LogP contribution in [0.15, 0.2) is 63.1 Å². The van der Waals surface area contributed by atoms with Crippen LogP contribution in [0.1, 0.15) is 12.5 Å². The van der Waals surface area contributed by atoms with E-state index >= 15 is 0 Å². The first-order chi connectivity index (χ1) is 9.86. The molecular weight excluding hydrogens is 268 g/mol. The lowest BCUT2D eigenvalue weighted by Gasteiger charge is -2.07. The Morgan fingerprint density at radius 2 is 1.90 bits per heavy atom. The molecule has 0 unspecified atom stereocenters. The third-order valence-electron chi connectivity index (χ3n) is 3.01. The minimum absolute atomic E-state index is 0.690. The molecule has 0 aliphatic carbocycles. The minimum atomic E-state index is 0.690. The summed E-state index contributed by atoms with van der Waals surface area (Å²) >= 11 is 1.57. The molecule has 1 N–H and O–H groups in total. The third kappa shape index (κ3) is 2.86. The van der Waals surface area contributed by atoms with Gasteiger partial charge in [-0.15, -0.1) is 0 Å². The number of fused-ring (bicyclic) bond motifs is 1. The summed E-state index contributed by atoms with van der Waals surface area (Å²) in [7, 11) is 0. The Labute approximate surface area is 122 Å². The van der Waals surface area contributed by atoms with E-state index in [4.69, 9.17) is 4.42 Å². The lowest BCUT2D eigenvalue weighted by molar-refractivity contribution is 0.489. The van der Waals surface area contributed by atoms with Gasteiger partial charge in [0.2, 0.25) is 0 Å². The molecule has 0 fully saturated rings. The van der Waals surface area contributed by atoms with E-state index in [1.165, 1.54) is 10.5 Å². The maximum absolute atomic E-state index is 5.76. The van der Waals surface area contributed by atoms with Crippen molar-refractivity contribution in [2.75, 3.05) is 6.54 Å². The second-order valence-electron chi connectivity index (χ2n) is 4.44. The summed E-state index contributed by atoms with van der Waals surface area (Å²) in [6.07, 6.45) is 0. The number of benzene rings is 2. The largest absolute Gasteiger partial charge is 0.431 e. The third-order valence-corrected chi connectivity index (χ3v) is 3.98. The normalized spacial score (nSPS) is 11.1. The van der Waals surface area contributed by atoms with Gasteiger partial charge in [0.1, 0.15) is 5.52 Å². The molecule has 3 rings (SSSR count). The van der Waals surface area contributed by atoms with Crippen LogP contribution in [-0.2, 0) is 6.54 Å². The van der Waals surface area contributed by atoms with E-state index in [0.717, 1.165) is 24.2 Å². The molecular formula is C16H16N2OS. The number of nitrogens with one attached hydrogen (secondary N) is 1. The van der Waals surface area contributed by atoms with Crippen LogP contribution in [0.3, 0.4) is 0 Å². The molecule has 0 saturated heterocycles. The van der Waals surface area contributed by atoms with Crippen LogP contribution in [0.4, 0.5) is 0 Å². The maximum atomic E-state index is 5.76. The first-order valence-electron chi connectivity index (χ1n) is 6.69. The quantitative estimate of drug-likeness (QED) is 0.766. The van der Waals surface area contributed by atoms with Crippen LogP contribution in [0.2, 0.25) is 0 Å². The van der Waals surface area contributed by atoms with E-state index in [-0.39, 0.29) is 0 Å². The van der Waals surface area contributed by atoms with Crippen LogP contribution in [0.5, 0.6) is 0 Å². The van der Waals surface area contributed by atoms with Gasteiger partial charge in [-0.05, 0) is 42.1 Å². The van der Waals surface area contributed by atoms with E-state index in [2.05, 4.69) is 35.4 Å². The Bertz CT molecular complexity index is 675. The van der Waals surface area contributed by atoms with Gasteiger partial charge in [0, 0.05) is 11.4 Å². The van der Waals surface area contributed by atoms with Crippen molar-refractivity contribution in [1.82, 2.24) is 10.3 Å². The summed E-state index contributed by atoms with van der Waals surface area (Å²) in [4.78, 5) is 5.69. The second-order valence-corrected chi connectivity index (χ2v) is 5.43. The van der Waals surface area contributed by atoms with Gasteiger partial charge < -0.3 is 9.73 Å². The number of hydrogen-bond donors (Lipinski definition) is 1. The molecule has 0 amide bonds. The molecule has 1 heterocycles. The van der Waals surface area contributed by atoms with Crippen molar-refractivity contribution in [1.29, 1.82) is 0 Å². The van der Waals surface area contributed by atoms with Crippen molar-refractivity contribution in [3.8, 4) is 0 Å². The van der Waals surface area contributed by atoms with E-state index < -0.39 is 0 Å². The zero-order valence-corrected chi connectivity index (χ0v) is 12.1. The van der Waals surface area contributed by atoms with Crippen LogP contribution in [-0.4, -0.2) is 11.5 Å². The molecule has 20 heavy (non-hydrogen) atoms. The Balaban J connectivity index is 1.86. The van der Waals surface area contributed by atoms with Gasteiger partial charge >= 0.3 is 0 Å². The Kier molecular flexibility index (Phi) is 4.04. The number of hydrogen-bond acceptors (Lipinski definition) is 4. The first-order valence-corrected chi connectivity index (χ1v) is 7.50. The van der Waals surface area contributed by atoms with Crippen LogP contribution >= 0.6 is 11.8 Å². The second kappa shape index (κ2) is 6.11. The lowest BCUT2D eigenvalue weighted by atomic mass is 10.2. The summed E-state index contributed by atoms with van der Waals surface area (Å²) in [5.41, 5.74) is 3.00. The molecule has 3 nitrogen and oxygen atoms in total. The van der Waals surface area contributed by atoms with Gasteiger partial charge in [-0.2, -0.15) is 0 Å². The van der Waals surface area contributed by atoms with Crippen molar-refractivity contribution in [3.63, 3.8) is 0 Å². The molecule has 0 aliphatic rings. The highest BCUT2D eigenvalue weighted by atomic mass is 32.2. The number of para-hydroxylation sites is 2. The maximum Gasteiger partial charge on any atom is 0.261 e. The summed E-state index contributed by atoms with van der Waals surface area (Å²) in [6, 6.07) is 16.2. The van der Waals surface area contributed by atoms with Gasteiger partial charge in [-0.25, -0.2) is 4.98 Å². The minimum Gasteiger partial charge on any atom is -0.431 e. The molecule has 2 aromatic carbocycles. The number of oxazole rings is 1. The van der Waals surface area contributed by atoms with E-state index in [0.29, 0.717) is 5.22 Å². The number of nitrogens with zero attached hydrogens (tertiary/aromatic N) is 1. The van der Waals surface area contributed by atoms with Gasteiger partial charge in [0.25, 0.3) is 5.22 Å². The average molecular weight is 284 g/mol. The highest BCUT2D eigenvalue weighted by Gasteiger charge is 2.09. The fourth-order valence-corrected chi connectivity index (χ4v) is 2.88. The molecule has 0 saturated carbocycles. The SMILES string of the molecule is CCNCc1ccccc1Sc1nc2ccccc2o1. The molecule has 0 radical (unpaired) electrons. The Hall–Kier alpha value is -1.78. The summed E-state index contributed by atoms with van der Waals surface area (Å²) in [6.45, 7) is 3.93. The lowest BCUT2D eigenvalue weighted by Crippen LogP contribution is -2.12. The smallest absolute Gasteiger partial charge is 0.261 e. The van der Waals surface area contributed by atoms with Crippen molar-refractivity contribution in [2.45, 2.75) is 23.6 Å². The fourth-order valence-electron chi connectivity index (χ4n) is 2.00. The molecule has 1 aromatic heterocycles. The Morgan fingerprint density at radius 3 is 2.75 bits per heavy atom. The molecule has 3 aromatic rings. The fraction of sp³-hybridized carbons (Fsp3) is 0.188. The summed E-state index contributed by atoms with van der Waals surface area (Å²) in [5.74, 6) is 0. The standard InChI is InChI=1S/C16H16N2OS/c1-2-17-11-12-7-3-6-10-15(12)20-16-18-13-8-4-5-9-14(13)19-16/h3-10,17H,2,11H2,1H3. The predicted octanol–water partition coefficient (Wildman–Crippen LogP) is 4.09. The molecule has 0 atom stereocenters. The number of aromatic nitrogens is 1. The highest BCUT2D eigenvalue weighted by Crippen LogP contribution is 2.31. The van der Waals surface area contributed by atoms with E-state index in [1.807, 2.05) is 30.3 Å². The first kappa shape index (κ1) is 13.2. The molecule has 4 heteroatoms. The summed E-state index contributed by atoms with van der Waals surface area (Å²) in [5, 5.41) is 4.04. The van der Waals surface area contributed by atoms with Gasteiger partial charge in [-0.1, -0.05) is 37.3 Å². The molecule has 0 aliphatic heterocycles. The van der Waals surface area contributed by atoms with Gasteiger partial charge in [0.15, 0.2) is 5.58 Å².